The molecule has 5 heteroatoms. The van der Waals surface area contributed by atoms with Gasteiger partial charge in [-0.05, 0) is 47.7 Å². The predicted molar refractivity (Wildman–Crippen MR) is 79.9 cm³/mol. The number of benzene rings is 1. The van der Waals surface area contributed by atoms with Crippen LogP contribution < -0.4 is 11.1 Å². The molecule has 0 saturated carbocycles. The molecule has 1 aromatic heterocycles. The average molecular weight is 362 g/mol. The largest absolute Gasteiger partial charge is 0.397 e. The monoisotopic (exact) mass is 362 g/mol. The number of aryl methyl sites for hydroxylation is 1. The number of nitrogen functional groups attached to an aromatic ring is 1. The van der Waals surface area contributed by atoms with E-state index in [1.165, 1.54) is 15.8 Å². The van der Waals surface area contributed by atoms with Gasteiger partial charge in [0.15, 0.2) is 0 Å². The van der Waals surface area contributed by atoms with Crippen LogP contribution in [0.3, 0.4) is 0 Å². The second-order valence-corrected chi connectivity index (χ2v) is 6.25. The minimum atomic E-state index is -0.246. The molecule has 0 amide bonds. The number of thiophene rings is 1. The van der Waals surface area contributed by atoms with Crippen molar-refractivity contribution in [3.8, 4) is 0 Å². The Morgan fingerprint density at radius 3 is 2.82 bits per heavy atom. The molecule has 0 fully saturated rings. The minimum Gasteiger partial charge on any atom is -0.397 e. The Morgan fingerprint density at radius 2 is 2.18 bits per heavy atom. The molecule has 1 heterocycles. The average Bonchev–Trinajstić information content (AvgIpc) is 2.68. The first-order valence-electron chi connectivity index (χ1n) is 5.10. The van der Waals surface area contributed by atoms with Crippen molar-refractivity contribution in [1.29, 1.82) is 0 Å². The van der Waals surface area contributed by atoms with Crippen molar-refractivity contribution < 1.29 is 4.39 Å². The molecule has 0 saturated heterocycles. The van der Waals surface area contributed by atoms with E-state index in [0.29, 0.717) is 21.5 Å². The smallest absolute Gasteiger partial charge is 0.138 e. The van der Waals surface area contributed by atoms with Gasteiger partial charge in [0.25, 0.3) is 0 Å². The zero-order valence-electron chi connectivity index (χ0n) is 9.26. The Labute approximate surface area is 117 Å². The first-order chi connectivity index (χ1) is 8.06. The Kier molecular flexibility index (Phi) is 3.88. The van der Waals surface area contributed by atoms with Crippen LogP contribution in [-0.4, -0.2) is 0 Å². The third kappa shape index (κ3) is 3.10. The van der Waals surface area contributed by atoms with E-state index in [1.54, 1.807) is 17.4 Å². The second kappa shape index (κ2) is 5.22. The lowest BCUT2D eigenvalue weighted by Gasteiger charge is -2.09. The van der Waals surface area contributed by atoms with Gasteiger partial charge in [-0.2, -0.15) is 0 Å². The number of nitrogens with two attached hydrogens (primary N) is 1. The molecule has 0 radical (unpaired) electrons. The standard InChI is InChI=1S/C12H12FIN2S/c1-7-2-3-8(17-7)6-16-12-4-9(13)10(14)5-11(12)15/h2-5,16H,6,15H2,1H3. The summed E-state index contributed by atoms with van der Waals surface area (Å²) < 4.78 is 13.9. The van der Waals surface area contributed by atoms with Crippen molar-refractivity contribution in [1.82, 2.24) is 0 Å². The van der Waals surface area contributed by atoms with Crippen molar-refractivity contribution in [2.75, 3.05) is 11.1 Å². The van der Waals surface area contributed by atoms with Gasteiger partial charge in [0, 0.05) is 22.4 Å². The number of halogens is 2. The topological polar surface area (TPSA) is 38.0 Å². The van der Waals surface area contributed by atoms with E-state index in [2.05, 4.69) is 24.4 Å². The van der Waals surface area contributed by atoms with Crippen molar-refractivity contribution in [2.24, 2.45) is 0 Å². The summed E-state index contributed by atoms with van der Waals surface area (Å²) in [6.45, 7) is 2.73. The molecule has 0 atom stereocenters. The number of nitrogens with one attached hydrogen (secondary N) is 1. The van der Waals surface area contributed by atoms with Gasteiger partial charge in [-0.3, -0.25) is 0 Å². The van der Waals surface area contributed by atoms with Gasteiger partial charge in [0.2, 0.25) is 0 Å². The maximum absolute atomic E-state index is 13.4. The first-order valence-corrected chi connectivity index (χ1v) is 6.99. The van der Waals surface area contributed by atoms with Gasteiger partial charge >= 0.3 is 0 Å². The lowest BCUT2D eigenvalue weighted by Crippen LogP contribution is -2.02. The van der Waals surface area contributed by atoms with E-state index in [1.807, 2.05) is 22.6 Å². The minimum absolute atomic E-state index is 0.246. The van der Waals surface area contributed by atoms with Crippen LogP contribution >= 0.6 is 33.9 Å². The molecule has 0 aliphatic rings. The molecule has 0 aliphatic carbocycles. The SMILES string of the molecule is Cc1ccc(CNc2cc(F)c(I)cc2N)s1. The third-order valence-corrected chi connectivity index (χ3v) is 4.17. The Bertz CT molecular complexity index is 539. The van der Waals surface area contributed by atoms with Gasteiger partial charge in [-0.15, -0.1) is 11.3 Å². The lowest BCUT2D eigenvalue weighted by molar-refractivity contribution is 0.621. The van der Waals surface area contributed by atoms with E-state index in [0.717, 1.165) is 0 Å². The van der Waals surface area contributed by atoms with Crippen LogP contribution in [0, 0.1) is 16.3 Å². The quantitative estimate of drug-likeness (QED) is 0.640. The number of hydrogen-bond donors (Lipinski definition) is 2. The van der Waals surface area contributed by atoms with Gasteiger partial charge in [0.1, 0.15) is 5.82 Å². The maximum Gasteiger partial charge on any atom is 0.138 e. The summed E-state index contributed by atoms with van der Waals surface area (Å²) in [5.41, 5.74) is 7.05. The zero-order chi connectivity index (χ0) is 12.4. The summed E-state index contributed by atoms with van der Waals surface area (Å²) >= 11 is 3.65. The molecular formula is C12H12FIN2S. The molecule has 0 aliphatic heterocycles. The van der Waals surface area contributed by atoms with Crippen molar-refractivity contribution in [2.45, 2.75) is 13.5 Å². The fourth-order valence-corrected chi connectivity index (χ4v) is 2.80. The Hall–Kier alpha value is -0.820. The molecule has 0 spiro atoms. The molecule has 17 heavy (non-hydrogen) atoms. The molecule has 0 unspecified atom stereocenters. The summed E-state index contributed by atoms with van der Waals surface area (Å²) in [6, 6.07) is 7.21. The second-order valence-electron chi connectivity index (χ2n) is 3.72. The highest BCUT2D eigenvalue weighted by Gasteiger charge is 2.06. The van der Waals surface area contributed by atoms with Crippen LogP contribution in [0.25, 0.3) is 0 Å². The van der Waals surface area contributed by atoms with Crippen LogP contribution in [0.4, 0.5) is 15.8 Å². The summed E-state index contributed by atoms with van der Waals surface area (Å²) in [6.07, 6.45) is 0. The Morgan fingerprint density at radius 1 is 1.41 bits per heavy atom. The third-order valence-electron chi connectivity index (χ3n) is 2.34. The maximum atomic E-state index is 13.4. The van der Waals surface area contributed by atoms with Crippen LogP contribution in [0.5, 0.6) is 0 Å². The van der Waals surface area contributed by atoms with Gasteiger partial charge in [0.05, 0.1) is 14.9 Å². The van der Waals surface area contributed by atoms with Crippen LogP contribution in [-0.2, 0) is 6.54 Å². The molecule has 90 valence electrons. The summed E-state index contributed by atoms with van der Waals surface area (Å²) in [7, 11) is 0. The number of hydrogen-bond acceptors (Lipinski definition) is 3. The normalized spacial score (nSPS) is 10.5. The van der Waals surface area contributed by atoms with E-state index in [-0.39, 0.29) is 5.82 Å². The number of rotatable bonds is 3. The molecule has 3 N–H and O–H groups in total. The Balaban J connectivity index is 2.11. The van der Waals surface area contributed by atoms with Gasteiger partial charge in [-0.25, -0.2) is 4.39 Å². The van der Waals surface area contributed by atoms with Crippen molar-refractivity contribution in [3.63, 3.8) is 0 Å². The van der Waals surface area contributed by atoms with Gasteiger partial charge < -0.3 is 11.1 Å². The molecule has 1 aromatic carbocycles. The zero-order valence-corrected chi connectivity index (χ0v) is 12.2. The highest BCUT2D eigenvalue weighted by atomic mass is 127. The summed E-state index contributed by atoms with van der Waals surface area (Å²) in [4.78, 5) is 2.48. The van der Waals surface area contributed by atoms with Crippen LogP contribution in [0.1, 0.15) is 9.75 Å². The van der Waals surface area contributed by atoms with E-state index in [4.69, 9.17) is 5.73 Å². The number of anilines is 2. The summed E-state index contributed by atoms with van der Waals surface area (Å²) in [5, 5.41) is 3.15. The van der Waals surface area contributed by atoms with Crippen LogP contribution in [0.2, 0.25) is 0 Å². The van der Waals surface area contributed by atoms with Gasteiger partial charge in [-0.1, -0.05) is 0 Å². The fourth-order valence-electron chi connectivity index (χ4n) is 1.48. The fraction of sp³-hybridized carbons (Fsp3) is 0.167. The molecule has 2 rings (SSSR count). The predicted octanol–water partition coefficient (Wildman–Crippen LogP) is 3.99. The van der Waals surface area contributed by atoms with Crippen molar-refractivity contribution in [3.05, 3.63) is 43.4 Å². The van der Waals surface area contributed by atoms with Crippen molar-refractivity contribution >= 4 is 45.3 Å². The van der Waals surface area contributed by atoms with Crippen LogP contribution in [0.15, 0.2) is 24.3 Å². The molecular weight excluding hydrogens is 350 g/mol. The molecule has 2 aromatic rings. The first kappa shape index (κ1) is 12.6. The molecule has 0 bridgehead atoms. The van der Waals surface area contributed by atoms with E-state index >= 15 is 0 Å². The highest BCUT2D eigenvalue weighted by Crippen LogP contribution is 2.25. The summed E-state index contributed by atoms with van der Waals surface area (Å²) in [5.74, 6) is -0.246. The highest BCUT2D eigenvalue weighted by molar-refractivity contribution is 14.1. The van der Waals surface area contributed by atoms with E-state index in [9.17, 15) is 4.39 Å². The molecule has 2 nitrogen and oxygen atoms in total. The lowest BCUT2D eigenvalue weighted by atomic mass is 10.2. The van der Waals surface area contributed by atoms with E-state index < -0.39 is 0 Å².